The van der Waals surface area contributed by atoms with Crippen molar-refractivity contribution in [3.8, 4) is 17.4 Å². The van der Waals surface area contributed by atoms with Crippen LogP contribution in [-0.4, -0.2) is 48.1 Å². The number of amides is 2. The van der Waals surface area contributed by atoms with Gasteiger partial charge in [-0.05, 0) is 30.5 Å². The molecule has 40 heavy (non-hydrogen) atoms. The van der Waals surface area contributed by atoms with Gasteiger partial charge in [-0.2, -0.15) is 18.2 Å². The van der Waals surface area contributed by atoms with Crippen LogP contribution < -0.4 is 25.4 Å². The van der Waals surface area contributed by atoms with Gasteiger partial charge < -0.3 is 30.2 Å². The first-order valence-corrected chi connectivity index (χ1v) is 12.2. The molecule has 1 aromatic heterocycles. The summed E-state index contributed by atoms with van der Waals surface area (Å²) in [6.07, 6.45) is -2.85. The summed E-state index contributed by atoms with van der Waals surface area (Å²) >= 11 is 0. The average molecular weight is 561 g/mol. The third kappa shape index (κ3) is 5.61. The summed E-state index contributed by atoms with van der Waals surface area (Å²) in [5, 5.41) is 7.81. The Morgan fingerprint density at radius 2 is 2.08 bits per heavy atom. The lowest BCUT2D eigenvalue weighted by Gasteiger charge is -2.16. The Hall–Kier alpha value is -4.46. The van der Waals surface area contributed by atoms with E-state index in [2.05, 4.69) is 25.9 Å². The van der Waals surface area contributed by atoms with Crippen molar-refractivity contribution in [1.29, 1.82) is 0 Å². The minimum absolute atomic E-state index is 0.00665. The number of nitrogens with zero attached hydrogens (tertiary/aromatic N) is 2. The van der Waals surface area contributed by atoms with Gasteiger partial charge >= 0.3 is 6.18 Å². The van der Waals surface area contributed by atoms with Crippen molar-refractivity contribution in [3.63, 3.8) is 0 Å². The second-order valence-corrected chi connectivity index (χ2v) is 8.99. The summed E-state index contributed by atoms with van der Waals surface area (Å²) in [4.78, 5) is 32.3. The largest absolute Gasteiger partial charge is 0.495 e. The number of anilines is 2. The van der Waals surface area contributed by atoms with Gasteiger partial charge in [0.25, 0.3) is 11.8 Å². The van der Waals surface area contributed by atoms with Crippen LogP contribution in [0.5, 0.6) is 17.4 Å². The predicted molar refractivity (Wildman–Crippen MR) is 132 cm³/mol. The van der Waals surface area contributed by atoms with E-state index in [4.69, 9.17) is 14.2 Å². The van der Waals surface area contributed by atoms with E-state index >= 15 is 0 Å². The molecule has 1 atom stereocenters. The van der Waals surface area contributed by atoms with Crippen molar-refractivity contribution in [2.45, 2.75) is 31.7 Å². The number of carbonyl (C=O) groups is 2. The van der Waals surface area contributed by atoms with E-state index in [9.17, 15) is 27.2 Å². The van der Waals surface area contributed by atoms with Crippen LogP contribution in [0.1, 0.15) is 44.7 Å². The molecule has 1 saturated heterocycles. The molecule has 3 N–H and O–H groups in total. The standard InChI is InChI=1S/C26H23F4N5O5/c1-38-20-8-15(22(36)32-11-14-5-3-7-39-14)17(27)9-18(20)34-25-33-12-16(26(28,29)30)24(35-25)40-19-6-2-4-13-10-31-23(37)21(13)19/h2,4,6,8-9,12,14H,3,5,7,10-11H2,1H3,(H,31,37)(H,32,36)(H,33,34,35)/t14-/m0/s1. The Bertz CT molecular complexity index is 1460. The molecule has 2 amide bonds. The monoisotopic (exact) mass is 561 g/mol. The highest BCUT2D eigenvalue weighted by Crippen LogP contribution is 2.39. The minimum Gasteiger partial charge on any atom is -0.495 e. The molecule has 10 nitrogen and oxygen atoms in total. The molecule has 3 heterocycles. The summed E-state index contributed by atoms with van der Waals surface area (Å²) in [6.45, 7) is 1.03. The SMILES string of the molecule is COc1cc(C(=O)NC[C@@H]2CCCO2)c(F)cc1Nc1ncc(C(F)(F)F)c(Oc2cccc3c2C(=O)NC3)n1. The second kappa shape index (κ2) is 11.0. The van der Waals surface area contributed by atoms with Crippen LogP contribution in [0.4, 0.5) is 29.2 Å². The van der Waals surface area contributed by atoms with Gasteiger partial charge in [0.2, 0.25) is 11.8 Å². The van der Waals surface area contributed by atoms with Crippen LogP contribution in [-0.2, 0) is 17.5 Å². The van der Waals surface area contributed by atoms with Crippen LogP contribution in [0, 0.1) is 5.82 Å². The molecule has 1 fully saturated rings. The maximum absolute atomic E-state index is 14.9. The van der Waals surface area contributed by atoms with E-state index in [0.29, 0.717) is 18.4 Å². The summed E-state index contributed by atoms with van der Waals surface area (Å²) in [7, 11) is 1.27. The third-order valence-corrected chi connectivity index (χ3v) is 6.34. The van der Waals surface area contributed by atoms with Gasteiger partial charge in [0, 0.05) is 32.0 Å². The number of rotatable bonds is 8. The maximum Gasteiger partial charge on any atom is 0.423 e. The van der Waals surface area contributed by atoms with E-state index in [1.54, 1.807) is 6.07 Å². The summed E-state index contributed by atoms with van der Waals surface area (Å²) in [5.41, 5.74) is -0.981. The lowest BCUT2D eigenvalue weighted by atomic mass is 10.1. The van der Waals surface area contributed by atoms with E-state index in [1.165, 1.54) is 19.2 Å². The zero-order chi connectivity index (χ0) is 28.4. The molecule has 0 unspecified atom stereocenters. The number of benzene rings is 2. The van der Waals surface area contributed by atoms with Gasteiger partial charge in [-0.15, -0.1) is 0 Å². The van der Waals surface area contributed by atoms with Crippen molar-refractivity contribution in [1.82, 2.24) is 20.6 Å². The van der Waals surface area contributed by atoms with Crippen LogP contribution in [0.3, 0.4) is 0 Å². The molecule has 0 radical (unpaired) electrons. The topological polar surface area (TPSA) is 124 Å². The highest BCUT2D eigenvalue weighted by atomic mass is 19.4. The van der Waals surface area contributed by atoms with Gasteiger partial charge in [-0.25, -0.2) is 9.37 Å². The van der Waals surface area contributed by atoms with Gasteiger partial charge in [-0.1, -0.05) is 12.1 Å². The third-order valence-electron chi connectivity index (χ3n) is 6.34. The predicted octanol–water partition coefficient (Wildman–Crippen LogP) is 4.33. The lowest BCUT2D eigenvalue weighted by Crippen LogP contribution is -2.32. The van der Waals surface area contributed by atoms with Gasteiger partial charge in [-0.3, -0.25) is 9.59 Å². The van der Waals surface area contributed by atoms with Crippen LogP contribution in [0.2, 0.25) is 0 Å². The minimum atomic E-state index is -4.88. The van der Waals surface area contributed by atoms with Crippen LogP contribution >= 0.6 is 0 Å². The number of hydrogen-bond acceptors (Lipinski definition) is 8. The molecule has 0 saturated carbocycles. The number of methoxy groups -OCH3 is 1. The summed E-state index contributed by atoms with van der Waals surface area (Å²) in [6, 6.07) is 6.62. The highest BCUT2D eigenvalue weighted by molar-refractivity contribution is 6.01. The first-order valence-electron chi connectivity index (χ1n) is 12.2. The number of ether oxygens (including phenoxy) is 3. The molecular weight excluding hydrogens is 538 g/mol. The molecule has 0 bridgehead atoms. The smallest absolute Gasteiger partial charge is 0.423 e. The fourth-order valence-corrected chi connectivity index (χ4v) is 4.35. The normalized spacial score (nSPS) is 16.3. The van der Waals surface area contributed by atoms with E-state index in [-0.39, 0.29) is 53.5 Å². The molecule has 2 aromatic carbocycles. The van der Waals surface area contributed by atoms with E-state index < -0.39 is 35.3 Å². The fraction of sp³-hybridized carbons (Fsp3) is 0.308. The number of carbonyl (C=O) groups excluding carboxylic acids is 2. The van der Waals surface area contributed by atoms with Crippen molar-refractivity contribution >= 4 is 23.5 Å². The molecule has 210 valence electrons. The van der Waals surface area contributed by atoms with Gasteiger partial charge in [0.05, 0.1) is 30.0 Å². The number of fused-ring (bicyclic) bond motifs is 1. The quantitative estimate of drug-likeness (QED) is 0.348. The van der Waals surface area contributed by atoms with Crippen molar-refractivity contribution in [2.75, 3.05) is 25.6 Å². The summed E-state index contributed by atoms with van der Waals surface area (Å²) < 4.78 is 72.3. The second-order valence-electron chi connectivity index (χ2n) is 8.99. The molecule has 0 spiro atoms. The zero-order valence-corrected chi connectivity index (χ0v) is 21.0. The Morgan fingerprint density at radius 1 is 1.25 bits per heavy atom. The number of aromatic nitrogens is 2. The Labute approximate surface area is 225 Å². The molecule has 3 aromatic rings. The molecule has 2 aliphatic heterocycles. The van der Waals surface area contributed by atoms with Crippen LogP contribution in [0.25, 0.3) is 0 Å². The molecule has 0 aliphatic carbocycles. The maximum atomic E-state index is 14.9. The van der Waals surface area contributed by atoms with Gasteiger partial charge in [0.15, 0.2) is 0 Å². The van der Waals surface area contributed by atoms with Crippen molar-refractivity contribution in [2.24, 2.45) is 0 Å². The van der Waals surface area contributed by atoms with Gasteiger partial charge in [0.1, 0.15) is 22.9 Å². The molecule has 2 aliphatic rings. The number of nitrogens with one attached hydrogen (secondary N) is 3. The van der Waals surface area contributed by atoms with E-state index in [1.807, 2.05) is 0 Å². The Balaban J connectivity index is 1.42. The number of hydrogen-bond donors (Lipinski definition) is 3. The average Bonchev–Trinajstić information content (AvgIpc) is 3.57. The summed E-state index contributed by atoms with van der Waals surface area (Å²) in [5.74, 6) is -3.46. The number of halogens is 4. The van der Waals surface area contributed by atoms with E-state index in [0.717, 1.165) is 25.0 Å². The van der Waals surface area contributed by atoms with Crippen LogP contribution in [0.15, 0.2) is 36.5 Å². The van der Waals surface area contributed by atoms with Crippen molar-refractivity contribution < 1.29 is 41.4 Å². The first kappa shape index (κ1) is 27.1. The number of alkyl halides is 3. The lowest BCUT2D eigenvalue weighted by molar-refractivity contribution is -0.139. The Morgan fingerprint density at radius 3 is 2.80 bits per heavy atom. The highest BCUT2D eigenvalue weighted by Gasteiger charge is 2.37. The first-order chi connectivity index (χ1) is 19.1. The molecule has 14 heteroatoms. The zero-order valence-electron chi connectivity index (χ0n) is 21.0. The molecular formula is C26H23F4N5O5. The molecule has 5 rings (SSSR count). The van der Waals surface area contributed by atoms with Crippen molar-refractivity contribution in [3.05, 3.63) is 64.6 Å². The fourth-order valence-electron chi connectivity index (χ4n) is 4.35. The Kier molecular flexibility index (Phi) is 7.43.